The van der Waals surface area contributed by atoms with Gasteiger partial charge in [0.1, 0.15) is 11.5 Å². The van der Waals surface area contributed by atoms with Gasteiger partial charge in [-0.3, -0.25) is 0 Å². The Morgan fingerprint density at radius 3 is 2.70 bits per heavy atom. The van der Waals surface area contributed by atoms with Gasteiger partial charge in [-0.2, -0.15) is 0 Å². The highest BCUT2D eigenvalue weighted by Gasteiger charge is 2.14. The van der Waals surface area contributed by atoms with Crippen molar-refractivity contribution in [2.24, 2.45) is 10.9 Å². The predicted molar refractivity (Wildman–Crippen MR) is 82.9 cm³/mol. The molecule has 0 saturated heterocycles. The van der Waals surface area contributed by atoms with Crippen molar-refractivity contribution >= 4 is 33.4 Å². The number of rotatable bonds is 3. The van der Waals surface area contributed by atoms with Crippen LogP contribution in [0.4, 0.5) is 0 Å². The van der Waals surface area contributed by atoms with E-state index in [9.17, 15) is 0 Å². The average molecular weight is 356 g/mol. The summed E-state index contributed by atoms with van der Waals surface area (Å²) in [5.41, 5.74) is 7.06. The fraction of sp³-hybridized carbons (Fsp3) is 0.0714. The number of benzene rings is 2. The Balaban J connectivity index is 2.46. The second kappa shape index (κ2) is 6.15. The number of aryl methyl sites for hydroxylation is 1. The number of nitrogens with two attached hydrogens (primary N) is 1. The number of hydrogen-bond acceptors (Lipinski definition) is 3. The molecule has 0 radical (unpaired) electrons. The highest BCUT2D eigenvalue weighted by molar-refractivity contribution is 9.10. The van der Waals surface area contributed by atoms with E-state index < -0.39 is 0 Å². The van der Waals surface area contributed by atoms with Crippen LogP contribution in [0.1, 0.15) is 11.1 Å². The molecule has 20 heavy (non-hydrogen) atoms. The number of amidine groups is 1. The molecular weight excluding hydrogens is 344 g/mol. The normalized spacial score (nSPS) is 11.4. The lowest BCUT2D eigenvalue weighted by atomic mass is 10.1. The van der Waals surface area contributed by atoms with Crippen molar-refractivity contribution in [1.82, 2.24) is 0 Å². The van der Waals surface area contributed by atoms with Crippen LogP contribution in [0.3, 0.4) is 0 Å². The Labute approximate surface area is 129 Å². The van der Waals surface area contributed by atoms with Gasteiger partial charge in [-0.1, -0.05) is 22.8 Å². The van der Waals surface area contributed by atoms with Crippen molar-refractivity contribution in [3.8, 4) is 11.5 Å². The predicted octanol–water partition coefficient (Wildman–Crippen LogP) is 4.30. The highest BCUT2D eigenvalue weighted by atomic mass is 79.9. The monoisotopic (exact) mass is 354 g/mol. The van der Waals surface area contributed by atoms with E-state index in [4.69, 9.17) is 27.3 Å². The van der Waals surface area contributed by atoms with E-state index in [0.717, 1.165) is 5.56 Å². The molecule has 0 aliphatic rings. The standard InChI is InChI=1S/C14H12BrClN2O2/c1-8-7-9(16)5-6-11(8)20-12-4-2-3-10(15)13(12)14(17)18-19/h2-7,19H,1H3,(H2,17,18). The van der Waals surface area contributed by atoms with Gasteiger partial charge in [0.25, 0.3) is 0 Å². The lowest BCUT2D eigenvalue weighted by Crippen LogP contribution is -2.15. The molecule has 0 aromatic heterocycles. The lowest BCUT2D eigenvalue weighted by molar-refractivity contribution is 0.318. The number of hydrogen-bond donors (Lipinski definition) is 2. The lowest BCUT2D eigenvalue weighted by Gasteiger charge is -2.13. The first-order valence-corrected chi connectivity index (χ1v) is 6.90. The summed E-state index contributed by atoms with van der Waals surface area (Å²) < 4.78 is 6.52. The summed E-state index contributed by atoms with van der Waals surface area (Å²) in [6.07, 6.45) is 0. The zero-order valence-electron chi connectivity index (χ0n) is 10.6. The zero-order chi connectivity index (χ0) is 14.7. The summed E-state index contributed by atoms with van der Waals surface area (Å²) in [7, 11) is 0. The molecule has 0 spiro atoms. The maximum Gasteiger partial charge on any atom is 0.175 e. The smallest absolute Gasteiger partial charge is 0.175 e. The van der Waals surface area contributed by atoms with Gasteiger partial charge in [0.15, 0.2) is 5.84 Å². The highest BCUT2D eigenvalue weighted by Crippen LogP contribution is 2.32. The van der Waals surface area contributed by atoms with Crippen LogP contribution >= 0.6 is 27.5 Å². The summed E-state index contributed by atoms with van der Waals surface area (Å²) in [6, 6.07) is 10.7. The molecule has 2 aromatic rings. The molecule has 4 nitrogen and oxygen atoms in total. The van der Waals surface area contributed by atoms with Crippen LogP contribution in [0, 0.1) is 6.92 Å². The van der Waals surface area contributed by atoms with Gasteiger partial charge in [0.2, 0.25) is 0 Å². The Bertz CT molecular complexity index is 674. The Morgan fingerprint density at radius 1 is 1.30 bits per heavy atom. The van der Waals surface area contributed by atoms with Crippen LogP contribution in [0.2, 0.25) is 5.02 Å². The number of oxime groups is 1. The van der Waals surface area contributed by atoms with Crippen LogP contribution in [-0.2, 0) is 0 Å². The molecule has 0 amide bonds. The third kappa shape index (κ3) is 3.05. The first-order valence-electron chi connectivity index (χ1n) is 5.73. The molecule has 0 atom stereocenters. The third-order valence-corrected chi connectivity index (χ3v) is 3.59. The number of nitrogens with zero attached hydrogens (tertiary/aromatic N) is 1. The molecule has 3 N–H and O–H groups in total. The number of halogens is 2. The first kappa shape index (κ1) is 14.7. The van der Waals surface area contributed by atoms with Gasteiger partial charge >= 0.3 is 0 Å². The fourth-order valence-electron chi connectivity index (χ4n) is 1.73. The van der Waals surface area contributed by atoms with Crippen molar-refractivity contribution in [3.63, 3.8) is 0 Å². The third-order valence-electron chi connectivity index (χ3n) is 2.70. The fourth-order valence-corrected chi connectivity index (χ4v) is 2.51. The second-order valence-corrected chi connectivity index (χ2v) is 5.40. The Kier molecular flexibility index (Phi) is 4.52. The molecule has 0 unspecified atom stereocenters. The maximum absolute atomic E-state index is 8.86. The first-order chi connectivity index (χ1) is 9.52. The Morgan fingerprint density at radius 2 is 2.05 bits per heavy atom. The van der Waals surface area contributed by atoms with E-state index in [1.54, 1.807) is 36.4 Å². The summed E-state index contributed by atoms with van der Waals surface area (Å²) in [6.45, 7) is 1.89. The second-order valence-electron chi connectivity index (χ2n) is 4.11. The largest absolute Gasteiger partial charge is 0.456 e. The average Bonchev–Trinajstić information content (AvgIpc) is 2.41. The van der Waals surface area contributed by atoms with Gasteiger partial charge in [0.05, 0.1) is 5.56 Å². The summed E-state index contributed by atoms with van der Waals surface area (Å²) in [4.78, 5) is 0. The van der Waals surface area contributed by atoms with Crippen molar-refractivity contribution in [2.75, 3.05) is 0 Å². The van der Waals surface area contributed by atoms with Crippen LogP contribution in [0.5, 0.6) is 11.5 Å². The van der Waals surface area contributed by atoms with E-state index >= 15 is 0 Å². The molecule has 6 heteroatoms. The topological polar surface area (TPSA) is 67.8 Å². The summed E-state index contributed by atoms with van der Waals surface area (Å²) >= 11 is 9.27. The number of ether oxygens (including phenoxy) is 1. The molecule has 0 saturated carbocycles. The van der Waals surface area contributed by atoms with E-state index in [2.05, 4.69) is 21.1 Å². The SMILES string of the molecule is Cc1cc(Cl)ccc1Oc1cccc(Br)c1/C(N)=N/O. The molecule has 104 valence electrons. The molecule has 0 fully saturated rings. The minimum Gasteiger partial charge on any atom is -0.456 e. The van der Waals surface area contributed by atoms with E-state index in [1.165, 1.54) is 0 Å². The van der Waals surface area contributed by atoms with Crippen LogP contribution in [0.25, 0.3) is 0 Å². The molecule has 0 aliphatic carbocycles. The van der Waals surface area contributed by atoms with Gasteiger partial charge < -0.3 is 15.7 Å². The molecule has 0 bridgehead atoms. The Hall–Kier alpha value is -1.72. The molecule has 2 aromatic carbocycles. The van der Waals surface area contributed by atoms with Gasteiger partial charge in [-0.15, -0.1) is 0 Å². The van der Waals surface area contributed by atoms with E-state index in [0.29, 0.717) is 26.6 Å². The summed E-state index contributed by atoms with van der Waals surface area (Å²) in [5, 5.41) is 12.5. The molecule has 0 heterocycles. The van der Waals surface area contributed by atoms with Crippen LogP contribution in [-0.4, -0.2) is 11.0 Å². The minimum atomic E-state index is -0.0286. The van der Waals surface area contributed by atoms with Gasteiger partial charge in [-0.25, -0.2) is 0 Å². The van der Waals surface area contributed by atoms with Crippen LogP contribution < -0.4 is 10.5 Å². The molecular formula is C14H12BrClN2O2. The van der Waals surface area contributed by atoms with Gasteiger partial charge in [-0.05, 0) is 58.7 Å². The maximum atomic E-state index is 8.86. The zero-order valence-corrected chi connectivity index (χ0v) is 12.9. The van der Waals surface area contributed by atoms with E-state index in [-0.39, 0.29) is 5.84 Å². The quantitative estimate of drug-likeness (QED) is 0.373. The van der Waals surface area contributed by atoms with Crippen LogP contribution in [0.15, 0.2) is 46.0 Å². The van der Waals surface area contributed by atoms with Gasteiger partial charge in [0, 0.05) is 9.50 Å². The van der Waals surface area contributed by atoms with Crippen molar-refractivity contribution in [3.05, 3.63) is 57.0 Å². The van der Waals surface area contributed by atoms with E-state index in [1.807, 2.05) is 6.92 Å². The van der Waals surface area contributed by atoms with Crippen molar-refractivity contribution < 1.29 is 9.94 Å². The minimum absolute atomic E-state index is 0.0286. The molecule has 2 rings (SSSR count). The summed E-state index contributed by atoms with van der Waals surface area (Å²) in [5.74, 6) is 1.11. The van der Waals surface area contributed by atoms with Crippen molar-refractivity contribution in [2.45, 2.75) is 6.92 Å². The van der Waals surface area contributed by atoms with Crippen molar-refractivity contribution in [1.29, 1.82) is 0 Å². The molecule has 0 aliphatic heterocycles.